The van der Waals surface area contributed by atoms with Crippen molar-refractivity contribution in [2.45, 2.75) is 0 Å². The van der Waals surface area contributed by atoms with Gasteiger partial charge in [0.05, 0.1) is 41.2 Å². The van der Waals surface area contributed by atoms with Crippen molar-refractivity contribution >= 4 is 61.5 Å². The van der Waals surface area contributed by atoms with Crippen LogP contribution in [-0.2, 0) is 10.0 Å². The van der Waals surface area contributed by atoms with Gasteiger partial charge in [-0.25, -0.2) is 18.4 Å². The van der Waals surface area contributed by atoms with Crippen LogP contribution in [0.1, 0.15) is 0 Å². The van der Waals surface area contributed by atoms with Crippen molar-refractivity contribution in [3.05, 3.63) is 60.0 Å². The number of benzene rings is 2. The number of para-hydroxylation sites is 2. The monoisotopic (exact) mass is 429 g/mol. The Labute approximate surface area is 171 Å². The molecule has 0 saturated heterocycles. The van der Waals surface area contributed by atoms with Crippen molar-refractivity contribution < 1.29 is 8.42 Å². The quantitative estimate of drug-likeness (QED) is 0.366. The maximum Gasteiger partial charge on any atom is 0.229 e. The van der Waals surface area contributed by atoms with E-state index in [2.05, 4.69) is 35.3 Å². The number of imidazole rings is 1. The van der Waals surface area contributed by atoms with E-state index in [0.29, 0.717) is 23.1 Å². The lowest BCUT2D eigenvalue weighted by atomic mass is 10.2. The Bertz CT molecular complexity index is 1290. The number of aromatic amines is 1. The van der Waals surface area contributed by atoms with Crippen LogP contribution in [0.5, 0.6) is 0 Å². The van der Waals surface area contributed by atoms with Gasteiger partial charge in [-0.3, -0.25) is 4.72 Å². The van der Waals surface area contributed by atoms with Gasteiger partial charge in [-0.15, -0.1) is 0 Å². The summed E-state index contributed by atoms with van der Waals surface area (Å²) < 4.78 is 25.6. The molecule has 0 aliphatic heterocycles. The number of rotatable bonds is 6. The molecule has 0 radical (unpaired) electrons. The molecular weight excluding hydrogens is 414 g/mol. The molecule has 0 aliphatic carbocycles. The Morgan fingerprint density at radius 3 is 2.62 bits per heavy atom. The maximum atomic E-state index is 11.6. The van der Waals surface area contributed by atoms with Crippen molar-refractivity contribution in [2.24, 2.45) is 0 Å². The second-order valence-electron chi connectivity index (χ2n) is 6.19. The Morgan fingerprint density at radius 2 is 1.83 bits per heavy atom. The summed E-state index contributed by atoms with van der Waals surface area (Å²) >= 11 is 6.23. The lowest BCUT2D eigenvalue weighted by Crippen LogP contribution is -2.11. The lowest BCUT2D eigenvalue weighted by Gasteiger charge is -2.14. The molecule has 0 saturated carbocycles. The van der Waals surface area contributed by atoms with Gasteiger partial charge in [-0.05, 0) is 30.3 Å². The van der Waals surface area contributed by atoms with Crippen LogP contribution in [0.2, 0.25) is 5.02 Å². The van der Waals surface area contributed by atoms with Crippen molar-refractivity contribution in [2.75, 3.05) is 21.6 Å². The van der Waals surface area contributed by atoms with E-state index in [-0.39, 0.29) is 5.02 Å². The van der Waals surface area contributed by atoms with Crippen molar-refractivity contribution in [1.82, 2.24) is 19.9 Å². The van der Waals surface area contributed by atoms with E-state index < -0.39 is 10.0 Å². The van der Waals surface area contributed by atoms with E-state index in [1.54, 1.807) is 30.6 Å². The van der Waals surface area contributed by atoms with Crippen LogP contribution in [0.15, 0.2) is 55.0 Å². The van der Waals surface area contributed by atoms with E-state index >= 15 is 0 Å². The van der Waals surface area contributed by atoms with Crippen molar-refractivity contribution in [3.63, 3.8) is 0 Å². The van der Waals surface area contributed by atoms with E-state index in [4.69, 9.17) is 11.6 Å². The highest BCUT2D eigenvalue weighted by atomic mass is 35.5. The first-order chi connectivity index (χ1) is 13.9. The molecule has 11 heteroatoms. The molecule has 2 aromatic heterocycles. The fourth-order valence-corrected chi connectivity index (χ4v) is 3.38. The number of hydrogen-bond donors (Lipinski definition) is 4. The molecule has 0 fully saturated rings. The van der Waals surface area contributed by atoms with E-state index in [9.17, 15) is 8.42 Å². The van der Waals surface area contributed by atoms with Crippen LogP contribution in [0.4, 0.5) is 28.8 Å². The first-order valence-corrected chi connectivity index (χ1v) is 10.7. The van der Waals surface area contributed by atoms with Gasteiger partial charge in [-0.1, -0.05) is 23.7 Å². The summed E-state index contributed by atoms with van der Waals surface area (Å²) in [5, 5.41) is 6.45. The van der Waals surface area contributed by atoms with Gasteiger partial charge in [0.2, 0.25) is 16.0 Å². The number of fused-ring (bicyclic) bond motifs is 1. The molecule has 148 valence electrons. The largest absolute Gasteiger partial charge is 0.345 e. The highest BCUT2D eigenvalue weighted by molar-refractivity contribution is 7.92. The number of nitrogens with zero attached hydrogens (tertiary/aromatic N) is 3. The summed E-state index contributed by atoms with van der Waals surface area (Å²) in [6.07, 6.45) is 4.16. The molecule has 4 rings (SSSR count). The molecule has 0 aliphatic rings. The molecule has 29 heavy (non-hydrogen) atoms. The number of nitrogens with one attached hydrogen (secondary N) is 4. The normalized spacial score (nSPS) is 11.4. The molecule has 0 spiro atoms. The molecular formula is C18H16ClN7O2S. The van der Waals surface area contributed by atoms with Gasteiger partial charge in [0.1, 0.15) is 5.02 Å². The van der Waals surface area contributed by atoms with Gasteiger partial charge < -0.3 is 15.6 Å². The summed E-state index contributed by atoms with van der Waals surface area (Å²) in [7, 11) is -3.44. The highest BCUT2D eigenvalue weighted by Gasteiger charge is 2.11. The van der Waals surface area contributed by atoms with E-state index in [1.807, 2.05) is 18.2 Å². The number of sulfonamides is 1. The van der Waals surface area contributed by atoms with Gasteiger partial charge in [0, 0.05) is 5.69 Å². The first-order valence-electron chi connectivity index (χ1n) is 8.44. The minimum atomic E-state index is -3.44. The van der Waals surface area contributed by atoms with Gasteiger partial charge in [0.15, 0.2) is 5.82 Å². The second-order valence-corrected chi connectivity index (χ2v) is 8.35. The molecule has 9 nitrogen and oxygen atoms in total. The number of hydrogen-bond acceptors (Lipinski definition) is 7. The summed E-state index contributed by atoms with van der Waals surface area (Å²) in [4.78, 5) is 15.8. The molecule has 4 N–H and O–H groups in total. The predicted octanol–water partition coefficient (Wildman–Crippen LogP) is 3.87. The average Bonchev–Trinajstić information content (AvgIpc) is 3.13. The molecule has 0 bridgehead atoms. The first kappa shape index (κ1) is 19.0. The van der Waals surface area contributed by atoms with Crippen molar-refractivity contribution in [1.29, 1.82) is 0 Å². The average molecular weight is 430 g/mol. The predicted molar refractivity (Wildman–Crippen MR) is 115 cm³/mol. The summed E-state index contributed by atoms with van der Waals surface area (Å²) in [6.45, 7) is 0. The molecule has 2 heterocycles. The van der Waals surface area contributed by atoms with Crippen LogP contribution in [0.3, 0.4) is 0 Å². The number of anilines is 5. The third-order valence-corrected chi connectivity index (χ3v) is 4.76. The molecule has 4 aromatic rings. The van der Waals surface area contributed by atoms with E-state index in [0.717, 1.165) is 23.0 Å². The topological polar surface area (TPSA) is 125 Å². The zero-order chi connectivity index (χ0) is 20.4. The lowest BCUT2D eigenvalue weighted by molar-refractivity contribution is 0.607. The van der Waals surface area contributed by atoms with Crippen LogP contribution in [-0.4, -0.2) is 34.6 Å². The standard InChI is InChI=1S/C18H16ClN7O2S/c1-29(27,28)26-15-5-3-2-4-14(15)24-17-12(19)9-20-18(25-17)23-11-6-7-13-16(8-11)22-10-21-13/h2-10,26H,1H3,(H,21,22)(H2,20,23,24,25). The minimum absolute atomic E-state index is 0.286. The fraction of sp³-hybridized carbons (Fsp3) is 0.0556. The zero-order valence-electron chi connectivity index (χ0n) is 15.1. The number of halogens is 1. The Hall–Kier alpha value is -3.37. The highest BCUT2D eigenvalue weighted by Crippen LogP contribution is 2.29. The van der Waals surface area contributed by atoms with Gasteiger partial charge in [-0.2, -0.15) is 4.98 Å². The second kappa shape index (κ2) is 7.57. The van der Waals surface area contributed by atoms with Crippen LogP contribution < -0.4 is 15.4 Å². The summed E-state index contributed by atoms with van der Waals surface area (Å²) in [6, 6.07) is 12.5. The molecule has 2 aromatic carbocycles. The summed E-state index contributed by atoms with van der Waals surface area (Å²) in [5.41, 5.74) is 3.38. The van der Waals surface area contributed by atoms with Crippen LogP contribution in [0, 0.1) is 0 Å². The maximum absolute atomic E-state index is 11.6. The number of H-pyrrole nitrogens is 1. The Morgan fingerprint density at radius 1 is 1.03 bits per heavy atom. The summed E-state index contributed by atoms with van der Waals surface area (Å²) in [5.74, 6) is 0.652. The molecule has 0 amide bonds. The smallest absolute Gasteiger partial charge is 0.229 e. The SMILES string of the molecule is CS(=O)(=O)Nc1ccccc1Nc1nc(Nc2ccc3nc[nH]c3c2)ncc1Cl. The Kier molecular flexibility index (Phi) is 4.95. The van der Waals surface area contributed by atoms with Crippen LogP contribution in [0.25, 0.3) is 11.0 Å². The zero-order valence-corrected chi connectivity index (χ0v) is 16.7. The van der Waals surface area contributed by atoms with Crippen LogP contribution >= 0.6 is 11.6 Å². The Balaban J connectivity index is 1.61. The van der Waals surface area contributed by atoms with Gasteiger partial charge in [0.25, 0.3) is 0 Å². The molecule has 0 atom stereocenters. The third kappa shape index (κ3) is 4.55. The van der Waals surface area contributed by atoms with Crippen molar-refractivity contribution in [3.8, 4) is 0 Å². The third-order valence-electron chi connectivity index (χ3n) is 3.90. The van der Waals surface area contributed by atoms with Gasteiger partial charge >= 0.3 is 0 Å². The fourth-order valence-electron chi connectivity index (χ4n) is 2.67. The number of aromatic nitrogens is 4. The minimum Gasteiger partial charge on any atom is -0.345 e. The molecule has 0 unspecified atom stereocenters. The van der Waals surface area contributed by atoms with E-state index in [1.165, 1.54) is 6.20 Å².